The Kier molecular flexibility index (Phi) is 4.79. The van der Waals surface area contributed by atoms with Crippen molar-refractivity contribution >= 4 is 10.8 Å². The summed E-state index contributed by atoms with van der Waals surface area (Å²) in [7, 11) is 0. The lowest BCUT2D eigenvalue weighted by atomic mass is 9.98. The maximum atomic E-state index is 14.9. The Morgan fingerprint density at radius 1 is 0.960 bits per heavy atom. The quantitative estimate of drug-likeness (QED) is 0.513. The number of ether oxygens (including phenoxy) is 1. The molecule has 0 aliphatic rings. The van der Waals surface area contributed by atoms with E-state index in [-0.39, 0.29) is 28.7 Å². The van der Waals surface area contributed by atoms with Gasteiger partial charge in [0, 0.05) is 5.56 Å². The van der Waals surface area contributed by atoms with Gasteiger partial charge >= 0.3 is 0 Å². The number of aryl methyl sites for hydroxylation is 1. The summed E-state index contributed by atoms with van der Waals surface area (Å²) in [6.45, 7) is 5.52. The first-order valence-electron chi connectivity index (χ1n) is 8.00. The summed E-state index contributed by atoms with van der Waals surface area (Å²) < 4.78 is 48.6. The fraction of sp³-hybridized carbons (Fsp3) is 0.143. The van der Waals surface area contributed by atoms with E-state index in [4.69, 9.17) is 4.74 Å². The molecule has 0 aliphatic heterocycles. The van der Waals surface area contributed by atoms with Crippen LogP contribution >= 0.6 is 0 Å². The molecule has 0 fully saturated rings. The highest BCUT2D eigenvalue weighted by Crippen LogP contribution is 2.35. The third-order valence-corrected chi connectivity index (χ3v) is 4.12. The summed E-state index contributed by atoms with van der Waals surface area (Å²) in [4.78, 5) is 0. The van der Waals surface area contributed by atoms with Crippen LogP contribution in [0.5, 0.6) is 5.75 Å². The number of hydrogen-bond acceptors (Lipinski definition) is 1. The van der Waals surface area contributed by atoms with Crippen molar-refractivity contribution < 1.29 is 17.9 Å². The maximum Gasteiger partial charge on any atom is 0.201 e. The van der Waals surface area contributed by atoms with Crippen LogP contribution in [0.1, 0.15) is 12.5 Å². The second kappa shape index (κ2) is 7.01. The molecule has 3 aromatic carbocycles. The molecule has 0 bridgehead atoms. The van der Waals surface area contributed by atoms with Crippen LogP contribution in [0.3, 0.4) is 0 Å². The molecule has 0 unspecified atom stereocenters. The van der Waals surface area contributed by atoms with E-state index in [2.05, 4.69) is 6.58 Å². The zero-order chi connectivity index (χ0) is 18.0. The first-order chi connectivity index (χ1) is 12.1. The summed E-state index contributed by atoms with van der Waals surface area (Å²) in [5.41, 5.74) is 1.96. The van der Waals surface area contributed by atoms with E-state index in [9.17, 15) is 13.2 Å². The molecule has 3 aromatic rings. The summed E-state index contributed by atoms with van der Waals surface area (Å²) in [6, 6.07) is 11.8. The highest BCUT2D eigenvalue weighted by molar-refractivity contribution is 5.90. The molecule has 25 heavy (non-hydrogen) atoms. The van der Waals surface area contributed by atoms with Crippen molar-refractivity contribution in [2.75, 3.05) is 6.61 Å². The standard InChI is InChI=1S/C21H17F3O/c1-3-11-25-17-12-15-9-10-16(14-7-5-13(4-2)6-8-14)19(22)18(15)21(24)20(17)23/h3,5-10,12H,1,4,11H2,2H3. The molecule has 4 heteroatoms. The van der Waals surface area contributed by atoms with Crippen LogP contribution in [0.4, 0.5) is 13.2 Å². The van der Waals surface area contributed by atoms with Gasteiger partial charge in [0.2, 0.25) is 5.82 Å². The van der Waals surface area contributed by atoms with Gasteiger partial charge in [-0.3, -0.25) is 0 Å². The third-order valence-electron chi connectivity index (χ3n) is 4.12. The summed E-state index contributed by atoms with van der Waals surface area (Å²) in [6.07, 6.45) is 2.29. The number of benzene rings is 3. The largest absolute Gasteiger partial charge is 0.486 e. The molecule has 0 saturated heterocycles. The van der Waals surface area contributed by atoms with Crippen molar-refractivity contribution in [1.29, 1.82) is 0 Å². The average molecular weight is 342 g/mol. The van der Waals surface area contributed by atoms with Gasteiger partial charge in [0.05, 0.1) is 5.39 Å². The minimum absolute atomic E-state index is 0.0339. The van der Waals surface area contributed by atoms with E-state index in [1.807, 2.05) is 19.1 Å². The van der Waals surface area contributed by atoms with E-state index in [0.717, 1.165) is 12.0 Å². The van der Waals surface area contributed by atoms with E-state index in [1.165, 1.54) is 12.1 Å². The van der Waals surface area contributed by atoms with Crippen LogP contribution in [0, 0.1) is 17.5 Å². The van der Waals surface area contributed by atoms with Crippen molar-refractivity contribution in [3.63, 3.8) is 0 Å². The number of halogens is 3. The predicted molar refractivity (Wildman–Crippen MR) is 94.3 cm³/mol. The minimum atomic E-state index is -1.25. The van der Waals surface area contributed by atoms with Crippen LogP contribution in [0.2, 0.25) is 0 Å². The number of rotatable bonds is 5. The van der Waals surface area contributed by atoms with Crippen molar-refractivity contribution in [1.82, 2.24) is 0 Å². The summed E-state index contributed by atoms with van der Waals surface area (Å²) >= 11 is 0. The maximum absolute atomic E-state index is 14.9. The Bertz CT molecular complexity index is 930. The van der Waals surface area contributed by atoms with Crippen molar-refractivity contribution in [2.45, 2.75) is 13.3 Å². The van der Waals surface area contributed by atoms with Gasteiger partial charge in [-0.05, 0) is 29.0 Å². The Labute approximate surface area is 144 Å². The van der Waals surface area contributed by atoms with Gasteiger partial charge < -0.3 is 4.74 Å². The van der Waals surface area contributed by atoms with Crippen molar-refractivity contribution in [3.8, 4) is 16.9 Å². The second-order valence-electron chi connectivity index (χ2n) is 5.68. The molecule has 0 heterocycles. The lowest BCUT2D eigenvalue weighted by Crippen LogP contribution is -2.00. The minimum Gasteiger partial charge on any atom is -0.486 e. The molecule has 0 saturated carbocycles. The Morgan fingerprint density at radius 2 is 1.68 bits per heavy atom. The predicted octanol–water partition coefficient (Wildman–Crippen LogP) is 6.05. The van der Waals surface area contributed by atoms with E-state index in [0.29, 0.717) is 5.56 Å². The first-order valence-corrected chi connectivity index (χ1v) is 8.00. The van der Waals surface area contributed by atoms with Gasteiger partial charge in [-0.1, -0.05) is 56.0 Å². The smallest absolute Gasteiger partial charge is 0.201 e. The van der Waals surface area contributed by atoms with E-state index < -0.39 is 17.5 Å². The third kappa shape index (κ3) is 3.12. The van der Waals surface area contributed by atoms with Gasteiger partial charge in [0.25, 0.3) is 0 Å². The Balaban J connectivity index is 2.16. The Morgan fingerprint density at radius 3 is 2.32 bits per heavy atom. The molecule has 0 aromatic heterocycles. The van der Waals surface area contributed by atoms with Gasteiger partial charge in [-0.25, -0.2) is 8.78 Å². The monoisotopic (exact) mass is 342 g/mol. The zero-order valence-corrected chi connectivity index (χ0v) is 13.8. The van der Waals surface area contributed by atoms with Crippen LogP contribution < -0.4 is 4.74 Å². The second-order valence-corrected chi connectivity index (χ2v) is 5.68. The van der Waals surface area contributed by atoms with E-state index >= 15 is 0 Å². The number of hydrogen-bond donors (Lipinski definition) is 0. The molecule has 0 radical (unpaired) electrons. The van der Waals surface area contributed by atoms with E-state index in [1.54, 1.807) is 24.3 Å². The Hall–Kier alpha value is -2.75. The molecule has 0 spiro atoms. The molecule has 0 aliphatic carbocycles. The SMILES string of the molecule is C=CCOc1cc2ccc(-c3ccc(CC)cc3)c(F)c2c(F)c1F. The molecular formula is C21H17F3O. The van der Waals surface area contributed by atoms with Crippen LogP contribution in [-0.4, -0.2) is 6.61 Å². The first kappa shape index (κ1) is 17.1. The highest BCUT2D eigenvalue weighted by Gasteiger charge is 2.20. The fourth-order valence-electron chi connectivity index (χ4n) is 2.75. The van der Waals surface area contributed by atoms with Gasteiger partial charge in [-0.2, -0.15) is 4.39 Å². The van der Waals surface area contributed by atoms with Gasteiger partial charge in [0.1, 0.15) is 12.4 Å². The van der Waals surface area contributed by atoms with Gasteiger partial charge in [0.15, 0.2) is 11.6 Å². The average Bonchev–Trinajstić information content (AvgIpc) is 2.63. The molecule has 0 amide bonds. The number of fused-ring (bicyclic) bond motifs is 1. The normalized spacial score (nSPS) is 10.9. The van der Waals surface area contributed by atoms with Crippen molar-refractivity contribution in [2.24, 2.45) is 0 Å². The molecule has 3 rings (SSSR count). The zero-order valence-electron chi connectivity index (χ0n) is 13.8. The van der Waals surface area contributed by atoms with Crippen LogP contribution in [-0.2, 0) is 6.42 Å². The lowest BCUT2D eigenvalue weighted by Gasteiger charge is -2.12. The lowest BCUT2D eigenvalue weighted by molar-refractivity contribution is 0.334. The summed E-state index contributed by atoms with van der Waals surface area (Å²) in [5.74, 6) is -3.49. The topological polar surface area (TPSA) is 9.23 Å². The molecule has 128 valence electrons. The highest BCUT2D eigenvalue weighted by atomic mass is 19.2. The van der Waals surface area contributed by atoms with Crippen LogP contribution in [0.25, 0.3) is 21.9 Å². The molecule has 0 N–H and O–H groups in total. The summed E-state index contributed by atoms with van der Waals surface area (Å²) in [5, 5.41) is -0.134. The molecule has 1 nitrogen and oxygen atoms in total. The fourth-order valence-corrected chi connectivity index (χ4v) is 2.75. The molecular weight excluding hydrogens is 325 g/mol. The van der Waals surface area contributed by atoms with Crippen LogP contribution in [0.15, 0.2) is 55.1 Å². The molecule has 0 atom stereocenters. The van der Waals surface area contributed by atoms with Gasteiger partial charge in [-0.15, -0.1) is 0 Å². The van der Waals surface area contributed by atoms with Crippen molar-refractivity contribution in [3.05, 3.63) is 78.1 Å².